The number of hydrogen-bond acceptors (Lipinski definition) is 4. The molecular formula is C24H29ClF3N3O2. The van der Waals surface area contributed by atoms with Crippen LogP contribution >= 0.6 is 12.4 Å². The van der Waals surface area contributed by atoms with Crippen molar-refractivity contribution in [2.24, 2.45) is 0 Å². The number of hydrogen-bond donors (Lipinski definition) is 0. The van der Waals surface area contributed by atoms with Crippen molar-refractivity contribution in [3.63, 3.8) is 0 Å². The summed E-state index contributed by atoms with van der Waals surface area (Å²) in [5, 5.41) is 0. The van der Waals surface area contributed by atoms with Crippen LogP contribution in [0.5, 0.6) is 0 Å². The molecule has 2 aliphatic rings. The minimum atomic E-state index is -4.36. The third kappa shape index (κ3) is 6.25. The summed E-state index contributed by atoms with van der Waals surface area (Å²) in [5.41, 5.74) is 0.281. The number of piperidine rings is 1. The molecule has 0 aliphatic carbocycles. The molecule has 33 heavy (non-hydrogen) atoms. The Labute approximate surface area is 198 Å². The van der Waals surface area contributed by atoms with Gasteiger partial charge in [0, 0.05) is 50.1 Å². The summed E-state index contributed by atoms with van der Waals surface area (Å²) in [5.74, 6) is 0.0379. The number of likely N-dealkylation sites (tertiary alicyclic amines) is 1. The fraction of sp³-hybridized carbons (Fsp3) is 0.500. The van der Waals surface area contributed by atoms with Gasteiger partial charge in [0.2, 0.25) is 0 Å². The molecule has 0 bridgehead atoms. The Morgan fingerprint density at radius 2 is 1.85 bits per heavy atom. The van der Waals surface area contributed by atoms with Gasteiger partial charge >= 0.3 is 6.18 Å². The van der Waals surface area contributed by atoms with E-state index in [1.807, 2.05) is 42.2 Å². The molecule has 1 aromatic carbocycles. The minimum absolute atomic E-state index is 0. The zero-order valence-electron chi connectivity index (χ0n) is 18.6. The zero-order chi connectivity index (χ0) is 22.8. The molecule has 1 amide bonds. The van der Waals surface area contributed by atoms with Gasteiger partial charge < -0.3 is 14.5 Å². The highest BCUT2D eigenvalue weighted by molar-refractivity contribution is 5.94. The van der Waals surface area contributed by atoms with Crippen LogP contribution < -0.4 is 0 Å². The van der Waals surface area contributed by atoms with Crippen molar-refractivity contribution in [2.45, 2.75) is 44.1 Å². The first-order valence-electron chi connectivity index (χ1n) is 11.0. The number of alkyl halides is 3. The number of pyridine rings is 1. The van der Waals surface area contributed by atoms with Crippen molar-refractivity contribution in [1.82, 2.24) is 14.8 Å². The van der Waals surface area contributed by atoms with E-state index >= 15 is 0 Å². The van der Waals surface area contributed by atoms with E-state index < -0.39 is 11.7 Å². The van der Waals surface area contributed by atoms with Gasteiger partial charge in [0.15, 0.2) is 0 Å². The second-order valence-corrected chi connectivity index (χ2v) is 8.79. The molecule has 1 aromatic heterocycles. The average Bonchev–Trinajstić information content (AvgIpc) is 2.78. The molecule has 2 fully saturated rings. The van der Waals surface area contributed by atoms with Crippen molar-refractivity contribution in [1.29, 1.82) is 0 Å². The van der Waals surface area contributed by atoms with Gasteiger partial charge in [-0.1, -0.05) is 18.2 Å². The number of nitrogens with zero attached hydrogens (tertiary/aromatic N) is 3. The number of carbonyl (C=O) groups is 1. The molecule has 1 unspecified atom stereocenters. The highest BCUT2D eigenvalue weighted by Gasteiger charge is 2.43. The highest BCUT2D eigenvalue weighted by atomic mass is 35.5. The highest BCUT2D eigenvalue weighted by Crippen LogP contribution is 2.33. The Bertz CT molecular complexity index is 917. The third-order valence-electron chi connectivity index (χ3n) is 6.32. The van der Waals surface area contributed by atoms with Crippen molar-refractivity contribution in [3.8, 4) is 0 Å². The van der Waals surface area contributed by atoms with Crippen molar-refractivity contribution in [3.05, 3.63) is 65.5 Å². The summed E-state index contributed by atoms with van der Waals surface area (Å²) in [4.78, 5) is 21.1. The molecule has 3 heterocycles. The molecule has 180 valence electrons. The Morgan fingerprint density at radius 3 is 2.45 bits per heavy atom. The van der Waals surface area contributed by atoms with E-state index in [0.717, 1.165) is 44.7 Å². The Kier molecular flexibility index (Phi) is 8.03. The van der Waals surface area contributed by atoms with Crippen LogP contribution in [0.15, 0.2) is 48.7 Å². The first-order chi connectivity index (χ1) is 15.2. The van der Waals surface area contributed by atoms with Crippen molar-refractivity contribution in [2.75, 3.05) is 32.7 Å². The lowest BCUT2D eigenvalue weighted by molar-refractivity contribution is -0.161. The van der Waals surface area contributed by atoms with E-state index in [1.54, 1.807) is 0 Å². The number of benzene rings is 1. The summed E-state index contributed by atoms with van der Waals surface area (Å²) < 4.78 is 44.4. The fourth-order valence-corrected chi connectivity index (χ4v) is 4.61. The van der Waals surface area contributed by atoms with Gasteiger partial charge in [-0.2, -0.15) is 13.2 Å². The largest absolute Gasteiger partial charge is 0.417 e. The SMILES string of the molecule is CC1CN(C(=O)c2ccccc2)CC2(CCN(CCc3ccc(C(F)(F)F)cn3)CC2)O1.Cl. The number of rotatable bonds is 4. The normalized spacial score (nSPS) is 21.0. The molecule has 2 aromatic rings. The Morgan fingerprint density at radius 1 is 1.15 bits per heavy atom. The standard InChI is InChI=1S/C24H28F3N3O2.ClH/c1-18-16-30(22(31)19-5-3-2-4-6-19)17-23(32-18)10-13-29(14-11-23)12-9-21-8-7-20(15-28-21)24(25,26)27;/h2-8,15,18H,9-14,16-17H2,1H3;1H. The third-order valence-corrected chi connectivity index (χ3v) is 6.32. The van der Waals surface area contributed by atoms with Gasteiger partial charge in [0.25, 0.3) is 5.91 Å². The smallest absolute Gasteiger partial charge is 0.368 e. The number of halogens is 4. The number of aromatic nitrogens is 1. The number of carbonyl (C=O) groups excluding carboxylic acids is 1. The van der Waals surface area contributed by atoms with Gasteiger partial charge in [0.05, 0.1) is 23.8 Å². The van der Waals surface area contributed by atoms with E-state index in [0.29, 0.717) is 30.8 Å². The van der Waals surface area contributed by atoms with E-state index in [4.69, 9.17) is 4.74 Å². The molecule has 0 radical (unpaired) electrons. The molecule has 2 saturated heterocycles. The second kappa shape index (κ2) is 10.4. The molecule has 9 heteroatoms. The number of morpholine rings is 1. The van der Waals surface area contributed by atoms with Gasteiger partial charge in [-0.25, -0.2) is 0 Å². The van der Waals surface area contributed by atoms with Crippen LogP contribution in [0.1, 0.15) is 41.4 Å². The maximum atomic E-state index is 13.0. The van der Waals surface area contributed by atoms with Gasteiger partial charge in [-0.15, -0.1) is 12.4 Å². The molecule has 1 atom stereocenters. The van der Waals surface area contributed by atoms with E-state index in [1.165, 1.54) is 6.07 Å². The zero-order valence-corrected chi connectivity index (χ0v) is 19.4. The lowest BCUT2D eigenvalue weighted by Crippen LogP contribution is -2.60. The van der Waals surface area contributed by atoms with Gasteiger partial charge in [-0.3, -0.25) is 9.78 Å². The van der Waals surface area contributed by atoms with E-state index in [2.05, 4.69) is 9.88 Å². The van der Waals surface area contributed by atoms with Crippen LogP contribution in [-0.2, 0) is 17.3 Å². The van der Waals surface area contributed by atoms with Crippen LogP contribution in [0.3, 0.4) is 0 Å². The second-order valence-electron chi connectivity index (χ2n) is 8.79. The number of ether oxygens (including phenoxy) is 1. The average molecular weight is 484 g/mol. The van der Waals surface area contributed by atoms with Crippen LogP contribution in [-0.4, -0.2) is 65.1 Å². The molecule has 4 rings (SSSR count). The van der Waals surface area contributed by atoms with Crippen LogP contribution in [0, 0.1) is 0 Å². The van der Waals surface area contributed by atoms with Crippen molar-refractivity contribution >= 4 is 18.3 Å². The lowest BCUT2D eigenvalue weighted by Gasteiger charge is -2.49. The topological polar surface area (TPSA) is 45.7 Å². The maximum Gasteiger partial charge on any atom is 0.417 e. The van der Waals surface area contributed by atoms with Crippen molar-refractivity contribution < 1.29 is 22.7 Å². The first kappa shape index (κ1) is 25.5. The predicted molar refractivity (Wildman–Crippen MR) is 121 cm³/mol. The first-order valence-corrected chi connectivity index (χ1v) is 11.0. The van der Waals surface area contributed by atoms with Crippen LogP contribution in [0.25, 0.3) is 0 Å². The molecule has 5 nitrogen and oxygen atoms in total. The molecule has 0 saturated carbocycles. The van der Waals surface area contributed by atoms with Crippen LogP contribution in [0.4, 0.5) is 13.2 Å². The summed E-state index contributed by atoms with van der Waals surface area (Å²) in [6.45, 7) is 5.55. The van der Waals surface area contributed by atoms with Crippen LogP contribution in [0.2, 0.25) is 0 Å². The fourth-order valence-electron chi connectivity index (χ4n) is 4.61. The summed E-state index contributed by atoms with van der Waals surface area (Å²) in [6, 6.07) is 11.9. The van der Waals surface area contributed by atoms with E-state index in [9.17, 15) is 18.0 Å². The Hall–Kier alpha value is -2.16. The molecular weight excluding hydrogens is 455 g/mol. The van der Waals surface area contributed by atoms with Gasteiger partial charge in [0.1, 0.15) is 0 Å². The summed E-state index contributed by atoms with van der Waals surface area (Å²) in [6.07, 6.45) is -1.26. The molecule has 2 aliphatic heterocycles. The quantitative estimate of drug-likeness (QED) is 0.644. The Balaban J connectivity index is 0.00000306. The number of amides is 1. The minimum Gasteiger partial charge on any atom is -0.368 e. The predicted octanol–water partition coefficient (Wildman–Crippen LogP) is 4.46. The summed E-state index contributed by atoms with van der Waals surface area (Å²) in [7, 11) is 0. The molecule has 1 spiro atoms. The maximum absolute atomic E-state index is 13.0. The van der Waals surface area contributed by atoms with Gasteiger partial charge in [-0.05, 0) is 44.0 Å². The monoisotopic (exact) mass is 483 g/mol. The lowest BCUT2D eigenvalue weighted by atomic mass is 9.88. The summed E-state index contributed by atoms with van der Waals surface area (Å²) >= 11 is 0. The van der Waals surface area contributed by atoms with E-state index in [-0.39, 0.29) is 30.0 Å². The molecule has 0 N–H and O–H groups in total.